The maximum absolute atomic E-state index is 14.5. The molecular weight excluding hydrogens is 707 g/mol. The summed E-state index contributed by atoms with van der Waals surface area (Å²) in [5.74, 6) is 1.15. The van der Waals surface area contributed by atoms with Gasteiger partial charge in [-0.1, -0.05) is 66.2 Å². The minimum atomic E-state index is -0.675. The number of anilines is 1. The van der Waals surface area contributed by atoms with Crippen molar-refractivity contribution < 1.29 is 23.4 Å². The molecule has 3 aromatic carbocycles. The molecule has 0 saturated heterocycles. The van der Waals surface area contributed by atoms with Gasteiger partial charge >= 0.3 is 5.97 Å². The van der Waals surface area contributed by atoms with Crippen LogP contribution in [0, 0.1) is 5.82 Å². The maximum Gasteiger partial charge on any atom is 0.338 e. The number of hydrogen-bond donors (Lipinski definition) is 1. The summed E-state index contributed by atoms with van der Waals surface area (Å²) < 4.78 is 35.1. The topological polar surface area (TPSA) is 87.5 Å². The number of benzene rings is 3. The molecule has 0 bridgehead atoms. The van der Waals surface area contributed by atoms with Crippen molar-refractivity contribution in [3.8, 4) is 11.5 Å². The standard InChI is InChI=1S/C35H35BrClFN4O4S/c1-3-44-29-18-23(17-26(36)32(29)45-19-25-27(37)15-10-16-28(25)38)31-30(33(43)46-24-13-8-5-9-14-24)21(2)39-34-40-35(41-42(31)34)47-20-22-11-6-4-7-12-22/h4,6-7,10-12,15-18,24,31H,3,5,8-9,13-14,19-20H2,1-2H3,(H,39,40,41). The van der Waals surface area contributed by atoms with Gasteiger partial charge in [0.25, 0.3) is 0 Å². The number of aromatic nitrogens is 3. The molecule has 4 aromatic rings. The minimum Gasteiger partial charge on any atom is -0.490 e. The molecule has 2 aliphatic rings. The van der Waals surface area contributed by atoms with Crippen molar-refractivity contribution in [1.82, 2.24) is 14.8 Å². The number of nitrogens with one attached hydrogen (secondary N) is 1. The molecule has 1 fully saturated rings. The largest absolute Gasteiger partial charge is 0.490 e. The summed E-state index contributed by atoms with van der Waals surface area (Å²) >= 11 is 11.4. The van der Waals surface area contributed by atoms with E-state index in [0.717, 1.165) is 37.7 Å². The third-order valence-electron chi connectivity index (χ3n) is 8.16. The summed E-state index contributed by atoms with van der Waals surface area (Å²) in [6, 6.07) is 17.6. The van der Waals surface area contributed by atoms with E-state index in [1.807, 2.05) is 44.2 Å². The van der Waals surface area contributed by atoms with E-state index in [4.69, 9.17) is 35.9 Å². The van der Waals surface area contributed by atoms with E-state index in [0.29, 0.717) is 56.3 Å². The SMILES string of the molecule is CCOc1cc(C2C(C(=O)OC3CCCCC3)=C(C)Nc3nc(SCc4ccccc4)nn32)cc(Br)c1OCc1c(F)cccc1Cl. The second kappa shape index (κ2) is 15.1. The zero-order valence-corrected chi connectivity index (χ0v) is 29.3. The Labute approximate surface area is 291 Å². The third-order valence-corrected chi connectivity index (χ3v) is 10.0. The first kappa shape index (κ1) is 33.4. The molecule has 1 N–H and O–H groups in total. The molecule has 6 rings (SSSR count). The molecule has 1 saturated carbocycles. The van der Waals surface area contributed by atoms with Crippen molar-refractivity contribution in [1.29, 1.82) is 0 Å². The van der Waals surface area contributed by atoms with Crippen LogP contribution in [0.2, 0.25) is 5.02 Å². The molecular formula is C35H35BrClFN4O4S. The molecule has 2 heterocycles. The lowest BCUT2D eigenvalue weighted by Crippen LogP contribution is -2.32. The number of thioether (sulfide) groups is 1. The maximum atomic E-state index is 14.5. The molecule has 8 nitrogen and oxygen atoms in total. The van der Waals surface area contributed by atoms with Gasteiger partial charge in [-0.05, 0) is 90.9 Å². The number of hydrogen-bond acceptors (Lipinski definition) is 8. The first-order valence-electron chi connectivity index (χ1n) is 15.7. The number of esters is 1. The molecule has 1 atom stereocenters. The van der Waals surface area contributed by atoms with Gasteiger partial charge in [-0.3, -0.25) is 0 Å². The van der Waals surface area contributed by atoms with Crippen LogP contribution in [0.25, 0.3) is 0 Å². The van der Waals surface area contributed by atoms with Gasteiger partial charge in [-0.25, -0.2) is 13.9 Å². The molecule has 0 spiro atoms. The van der Waals surface area contributed by atoms with Crippen molar-refractivity contribution in [2.75, 3.05) is 11.9 Å². The Bertz CT molecular complexity index is 1760. The van der Waals surface area contributed by atoms with Gasteiger partial charge in [-0.15, -0.1) is 5.10 Å². The molecule has 0 radical (unpaired) electrons. The van der Waals surface area contributed by atoms with Crippen LogP contribution in [0.5, 0.6) is 11.5 Å². The smallest absolute Gasteiger partial charge is 0.338 e. The second-order valence-corrected chi connectivity index (χ2v) is 13.6. The lowest BCUT2D eigenvalue weighted by Gasteiger charge is -2.30. The fraction of sp³-hybridized carbons (Fsp3) is 0.343. The number of carbonyl (C=O) groups excluding carboxylic acids is 1. The predicted molar refractivity (Wildman–Crippen MR) is 185 cm³/mol. The fourth-order valence-corrected chi connectivity index (χ4v) is 7.43. The average molecular weight is 742 g/mol. The van der Waals surface area contributed by atoms with Crippen LogP contribution in [0.15, 0.2) is 81.6 Å². The van der Waals surface area contributed by atoms with Crippen LogP contribution in [0.1, 0.15) is 68.7 Å². The Hall–Kier alpha value is -3.54. The van der Waals surface area contributed by atoms with Crippen molar-refractivity contribution >= 4 is 51.2 Å². The van der Waals surface area contributed by atoms with E-state index < -0.39 is 17.8 Å². The number of fused-ring (bicyclic) bond motifs is 1. The molecule has 246 valence electrons. The number of nitrogens with zero attached hydrogens (tertiary/aromatic N) is 3. The summed E-state index contributed by atoms with van der Waals surface area (Å²) in [5, 5.41) is 9.02. The Morgan fingerprint density at radius 2 is 1.89 bits per heavy atom. The van der Waals surface area contributed by atoms with Gasteiger partial charge in [0, 0.05) is 17.0 Å². The van der Waals surface area contributed by atoms with E-state index in [1.54, 1.807) is 16.8 Å². The predicted octanol–water partition coefficient (Wildman–Crippen LogP) is 9.27. The van der Waals surface area contributed by atoms with Gasteiger partial charge in [0.15, 0.2) is 11.5 Å². The summed E-state index contributed by atoms with van der Waals surface area (Å²) in [7, 11) is 0. The summed E-state index contributed by atoms with van der Waals surface area (Å²) in [6.45, 7) is 3.96. The molecule has 0 amide bonds. The van der Waals surface area contributed by atoms with E-state index in [-0.39, 0.29) is 23.3 Å². The summed E-state index contributed by atoms with van der Waals surface area (Å²) in [6.07, 6.45) is 4.80. The molecule has 12 heteroatoms. The lowest BCUT2D eigenvalue weighted by molar-refractivity contribution is -0.146. The lowest BCUT2D eigenvalue weighted by atomic mass is 9.94. The first-order chi connectivity index (χ1) is 22.8. The van der Waals surface area contributed by atoms with Crippen LogP contribution in [-0.4, -0.2) is 33.4 Å². The van der Waals surface area contributed by atoms with Crippen LogP contribution in [0.3, 0.4) is 0 Å². The quantitative estimate of drug-likeness (QED) is 0.120. The number of rotatable bonds is 11. The average Bonchev–Trinajstić information content (AvgIpc) is 3.47. The number of ether oxygens (including phenoxy) is 3. The second-order valence-electron chi connectivity index (χ2n) is 11.4. The molecule has 1 aliphatic carbocycles. The fourth-order valence-electron chi connectivity index (χ4n) is 5.85. The van der Waals surface area contributed by atoms with Crippen molar-refractivity contribution in [2.45, 2.75) is 75.6 Å². The van der Waals surface area contributed by atoms with Gasteiger partial charge in [0.2, 0.25) is 11.1 Å². The van der Waals surface area contributed by atoms with Crippen LogP contribution < -0.4 is 14.8 Å². The highest BCUT2D eigenvalue weighted by Gasteiger charge is 2.37. The van der Waals surface area contributed by atoms with Crippen molar-refractivity contribution in [2.24, 2.45) is 0 Å². The van der Waals surface area contributed by atoms with E-state index in [2.05, 4.69) is 33.4 Å². The normalized spacial score (nSPS) is 16.4. The first-order valence-corrected chi connectivity index (χ1v) is 17.8. The molecule has 1 unspecified atom stereocenters. The highest BCUT2D eigenvalue weighted by molar-refractivity contribution is 9.10. The summed E-state index contributed by atoms with van der Waals surface area (Å²) in [4.78, 5) is 18.8. The Morgan fingerprint density at radius 3 is 2.64 bits per heavy atom. The number of carbonyl (C=O) groups is 1. The van der Waals surface area contributed by atoms with Crippen molar-refractivity contribution in [3.05, 3.63) is 104 Å². The molecule has 1 aromatic heterocycles. The van der Waals surface area contributed by atoms with Gasteiger partial charge in [0.1, 0.15) is 24.6 Å². The monoisotopic (exact) mass is 740 g/mol. The zero-order chi connectivity index (χ0) is 32.9. The van der Waals surface area contributed by atoms with Crippen LogP contribution in [0.4, 0.5) is 10.3 Å². The van der Waals surface area contributed by atoms with Crippen LogP contribution >= 0.6 is 39.3 Å². The Balaban J connectivity index is 1.37. The number of halogens is 3. The molecule has 1 aliphatic heterocycles. The van der Waals surface area contributed by atoms with Gasteiger partial charge in [0.05, 0.1) is 21.7 Å². The summed E-state index contributed by atoms with van der Waals surface area (Å²) in [5.41, 5.74) is 3.18. The Morgan fingerprint density at radius 1 is 1.11 bits per heavy atom. The van der Waals surface area contributed by atoms with Gasteiger partial charge in [-0.2, -0.15) is 4.98 Å². The van der Waals surface area contributed by atoms with E-state index in [1.165, 1.54) is 17.8 Å². The van der Waals surface area contributed by atoms with E-state index >= 15 is 0 Å². The highest BCUT2D eigenvalue weighted by atomic mass is 79.9. The van der Waals surface area contributed by atoms with Crippen LogP contribution in [-0.2, 0) is 21.9 Å². The van der Waals surface area contributed by atoms with E-state index in [9.17, 15) is 9.18 Å². The zero-order valence-electron chi connectivity index (χ0n) is 26.1. The van der Waals surface area contributed by atoms with Crippen molar-refractivity contribution in [3.63, 3.8) is 0 Å². The number of allylic oxidation sites excluding steroid dienone is 1. The third kappa shape index (κ3) is 7.63. The Kier molecular flexibility index (Phi) is 10.7. The molecule has 47 heavy (non-hydrogen) atoms. The highest BCUT2D eigenvalue weighted by Crippen LogP contribution is 2.44. The minimum absolute atomic E-state index is 0.107. The van der Waals surface area contributed by atoms with Gasteiger partial charge < -0.3 is 19.5 Å².